The van der Waals surface area contributed by atoms with Crippen LogP contribution in [0.4, 0.5) is 24.5 Å². The Labute approximate surface area is 109 Å². The summed E-state index contributed by atoms with van der Waals surface area (Å²) in [4.78, 5) is 0. The number of benzene rings is 2. The summed E-state index contributed by atoms with van der Waals surface area (Å²) < 4.78 is 36.0. The van der Waals surface area contributed by atoms with Gasteiger partial charge in [-0.3, -0.25) is 0 Å². The van der Waals surface area contributed by atoms with Crippen LogP contribution in [0.2, 0.25) is 0 Å². The topological polar surface area (TPSA) is 52.0 Å². The number of alkyl halides is 3. The van der Waals surface area contributed by atoms with E-state index in [2.05, 4.69) is 19.1 Å². The maximum Gasteiger partial charge on any atom is 0.416 e. The number of nitrogens with two attached hydrogens (primary N) is 2. The summed E-state index contributed by atoms with van der Waals surface area (Å²) in [5, 5.41) is 0. The molecule has 2 nitrogen and oxygen atoms in total. The average Bonchev–Trinajstić information content (AvgIpc) is 2.33. The fourth-order valence-corrected chi connectivity index (χ4v) is 1.29. The molecule has 0 aromatic heterocycles. The molecule has 0 aliphatic heterocycles. The van der Waals surface area contributed by atoms with Crippen molar-refractivity contribution in [2.24, 2.45) is 0 Å². The van der Waals surface area contributed by atoms with Crippen molar-refractivity contribution >= 4 is 11.4 Å². The predicted molar refractivity (Wildman–Crippen MR) is 71.4 cm³/mol. The first-order valence-corrected chi connectivity index (χ1v) is 5.54. The van der Waals surface area contributed by atoms with E-state index < -0.39 is 11.7 Å². The van der Waals surface area contributed by atoms with E-state index in [-0.39, 0.29) is 11.4 Å². The summed E-state index contributed by atoms with van der Waals surface area (Å²) in [6, 6.07) is 13.1. The molecule has 5 heteroatoms. The molecule has 2 aromatic rings. The van der Waals surface area contributed by atoms with E-state index in [1.165, 1.54) is 5.56 Å². The second-order valence-corrected chi connectivity index (χ2v) is 4.00. The Morgan fingerprint density at radius 1 is 0.842 bits per heavy atom. The second kappa shape index (κ2) is 6.13. The smallest absolute Gasteiger partial charge is 0.397 e. The third-order valence-electron chi connectivity index (χ3n) is 2.35. The highest BCUT2D eigenvalue weighted by atomic mass is 19.4. The van der Waals surface area contributed by atoms with Gasteiger partial charge in [-0.25, -0.2) is 0 Å². The SMILES string of the molecule is Cc1ccccc1.Nc1ccc(C(F)(F)F)cc1N. The number of rotatable bonds is 0. The fourth-order valence-electron chi connectivity index (χ4n) is 1.29. The van der Waals surface area contributed by atoms with Gasteiger partial charge in [-0.2, -0.15) is 13.2 Å². The number of nitrogen functional groups attached to an aromatic ring is 2. The minimum absolute atomic E-state index is 0.0511. The van der Waals surface area contributed by atoms with E-state index in [1.54, 1.807) is 0 Å². The number of hydrogen-bond acceptors (Lipinski definition) is 2. The van der Waals surface area contributed by atoms with Crippen LogP contribution in [0.15, 0.2) is 48.5 Å². The van der Waals surface area contributed by atoms with Crippen LogP contribution in [0.3, 0.4) is 0 Å². The summed E-state index contributed by atoms with van der Waals surface area (Å²) in [6.45, 7) is 2.08. The summed E-state index contributed by atoms with van der Waals surface area (Å²) in [6.07, 6.45) is -4.36. The fraction of sp³-hybridized carbons (Fsp3) is 0.143. The Balaban J connectivity index is 0.000000218. The van der Waals surface area contributed by atoms with E-state index in [1.807, 2.05) is 18.2 Å². The molecule has 0 radical (unpaired) electrons. The molecule has 0 atom stereocenters. The van der Waals surface area contributed by atoms with Crippen LogP contribution in [0.5, 0.6) is 0 Å². The van der Waals surface area contributed by atoms with Crippen molar-refractivity contribution in [3.8, 4) is 0 Å². The summed E-state index contributed by atoms with van der Waals surface area (Å²) >= 11 is 0. The van der Waals surface area contributed by atoms with Crippen LogP contribution < -0.4 is 11.5 Å². The Kier molecular flexibility index (Phi) is 4.80. The molecule has 0 saturated heterocycles. The lowest BCUT2D eigenvalue weighted by atomic mass is 10.2. The molecule has 0 unspecified atom stereocenters. The normalized spacial score (nSPS) is 10.5. The van der Waals surface area contributed by atoms with Gasteiger partial charge in [0.25, 0.3) is 0 Å². The van der Waals surface area contributed by atoms with Gasteiger partial charge in [-0.15, -0.1) is 0 Å². The standard InChI is InChI=1S/C7H7F3N2.C7H8/c8-7(9,10)4-1-2-5(11)6(12)3-4;1-7-5-3-2-4-6-7/h1-3H,11-12H2;2-6H,1H3. The number of halogens is 3. The van der Waals surface area contributed by atoms with Gasteiger partial charge < -0.3 is 11.5 Å². The minimum Gasteiger partial charge on any atom is -0.397 e. The van der Waals surface area contributed by atoms with Gasteiger partial charge in [0.15, 0.2) is 0 Å². The van der Waals surface area contributed by atoms with Crippen molar-refractivity contribution in [2.75, 3.05) is 11.5 Å². The van der Waals surface area contributed by atoms with E-state index in [9.17, 15) is 13.2 Å². The highest BCUT2D eigenvalue weighted by Gasteiger charge is 2.30. The zero-order chi connectivity index (χ0) is 14.5. The van der Waals surface area contributed by atoms with E-state index >= 15 is 0 Å². The molecule has 4 N–H and O–H groups in total. The Bertz CT molecular complexity index is 522. The van der Waals surface area contributed by atoms with Gasteiger partial charge in [0.1, 0.15) is 0 Å². The molecular weight excluding hydrogens is 253 g/mol. The number of hydrogen-bond donors (Lipinski definition) is 2. The lowest BCUT2D eigenvalue weighted by molar-refractivity contribution is -0.137. The molecule has 19 heavy (non-hydrogen) atoms. The molecule has 0 amide bonds. The zero-order valence-electron chi connectivity index (χ0n) is 10.4. The highest BCUT2D eigenvalue weighted by molar-refractivity contribution is 5.64. The van der Waals surface area contributed by atoms with Crippen LogP contribution >= 0.6 is 0 Å². The molecule has 0 bridgehead atoms. The third kappa shape index (κ3) is 4.91. The number of anilines is 2. The van der Waals surface area contributed by atoms with Crippen LogP contribution in [-0.4, -0.2) is 0 Å². The maximum atomic E-state index is 12.0. The molecule has 0 saturated carbocycles. The average molecular weight is 268 g/mol. The summed E-state index contributed by atoms with van der Waals surface area (Å²) in [7, 11) is 0. The molecule has 0 aliphatic rings. The van der Waals surface area contributed by atoms with E-state index in [0.29, 0.717) is 0 Å². The quantitative estimate of drug-likeness (QED) is 0.713. The molecule has 0 aliphatic carbocycles. The molecule has 0 fully saturated rings. The lowest BCUT2D eigenvalue weighted by Gasteiger charge is -2.07. The Morgan fingerprint density at radius 2 is 1.42 bits per heavy atom. The second-order valence-electron chi connectivity index (χ2n) is 4.00. The summed E-state index contributed by atoms with van der Waals surface area (Å²) in [5.74, 6) is 0. The van der Waals surface area contributed by atoms with Gasteiger partial charge >= 0.3 is 6.18 Å². The van der Waals surface area contributed by atoms with Crippen molar-refractivity contribution in [2.45, 2.75) is 13.1 Å². The maximum absolute atomic E-state index is 12.0. The first-order valence-electron chi connectivity index (χ1n) is 5.54. The van der Waals surface area contributed by atoms with Crippen molar-refractivity contribution < 1.29 is 13.2 Å². The third-order valence-corrected chi connectivity index (χ3v) is 2.35. The minimum atomic E-state index is -4.36. The Hall–Kier alpha value is -2.17. The van der Waals surface area contributed by atoms with Gasteiger partial charge in [0, 0.05) is 0 Å². The predicted octanol–water partition coefficient (Wildman–Crippen LogP) is 3.86. The van der Waals surface area contributed by atoms with Crippen molar-refractivity contribution in [3.05, 3.63) is 59.7 Å². The van der Waals surface area contributed by atoms with Gasteiger partial charge in [0.05, 0.1) is 16.9 Å². The van der Waals surface area contributed by atoms with Crippen LogP contribution in [0.25, 0.3) is 0 Å². The Morgan fingerprint density at radius 3 is 1.79 bits per heavy atom. The molecular formula is C14H15F3N2. The first-order chi connectivity index (χ1) is 8.80. The highest BCUT2D eigenvalue weighted by Crippen LogP contribution is 2.31. The van der Waals surface area contributed by atoms with Crippen molar-refractivity contribution in [3.63, 3.8) is 0 Å². The van der Waals surface area contributed by atoms with Gasteiger partial charge in [-0.1, -0.05) is 35.9 Å². The zero-order valence-corrected chi connectivity index (χ0v) is 10.4. The lowest BCUT2D eigenvalue weighted by Crippen LogP contribution is -2.06. The first kappa shape index (κ1) is 14.9. The van der Waals surface area contributed by atoms with E-state index in [4.69, 9.17) is 11.5 Å². The van der Waals surface area contributed by atoms with E-state index in [0.717, 1.165) is 18.2 Å². The van der Waals surface area contributed by atoms with Crippen LogP contribution in [0, 0.1) is 6.92 Å². The van der Waals surface area contributed by atoms with Crippen molar-refractivity contribution in [1.29, 1.82) is 0 Å². The van der Waals surface area contributed by atoms with Gasteiger partial charge in [-0.05, 0) is 25.1 Å². The van der Waals surface area contributed by atoms with Crippen LogP contribution in [-0.2, 0) is 6.18 Å². The number of aryl methyl sites for hydroxylation is 1. The monoisotopic (exact) mass is 268 g/mol. The largest absolute Gasteiger partial charge is 0.416 e. The summed E-state index contributed by atoms with van der Waals surface area (Å²) in [5.41, 5.74) is 11.1. The van der Waals surface area contributed by atoms with Crippen molar-refractivity contribution in [1.82, 2.24) is 0 Å². The van der Waals surface area contributed by atoms with Crippen LogP contribution in [0.1, 0.15) is 11.1 Å². The molecule has 0 heterocycles. The van der Waals surface area contributed by atoms with Gasteiger partial charge in [0.2, 0.25) is 0 Å². The molecule has 2 aromatic carbocycles. The molecule has 2 rings (SSSR count). The molecule has 102 valence electrons. The molecule has 0 spiro atoms.